The maximum atomic E-state index is 12.0. The van der Waals surface area contributed by atoms with E-state index < -0.39 is 0 Å². The molecule has 1 spiro atoms. The number of ether oxygens (including phenoxy) is 1. The normalized spacial score (nSPS) is 27.7. The minimum atomic E-state index is -0.234. The van der Waals surface area contributed by atoms with Gasteiger partial charge in [-0.15, -0.1) is 0 Å². The Morgan fingerprint density at radius 3 is 2.52 bits per heavy atom. The Balaban J connectivity index is 1.71. The van der Waals surface area contributed by atoms with Crippen molar-refractivity contribution in [1.82, 2.24) is 10.2 Å². The van der Waals surface area contributed by atoms with Crippen molar-refractivity contribution < 1.29 is 14.6 Å². The Hall–Kier alpha value is -0.650. The maximum absolute atomic E-state index is 12.0. The van der Waals surface area contributed by atoms with Crippen molar-refractivity contribution in [3.05, 3.63) is 0 Å². The minimum absolute atomic E-state index is 0.0603. The number of aliphatic hydroxyl groups is 1. The zero-order valence-electron chi connectivity index (χ0n) is 15.2. The van der Waals surface area contributed by atoms with E-state index in [1.807, 2.05) is 6.92 Å². The molecule has 134 valence electrons. The molecule has 1 saturated carbocycles. The van der Waals surface area contributed by atoms with Crippen LogP contribution in [0.4, 0.5) is 0 Å². The van der Waals surface area contributed by atoms with Gasteiger partial charge in [-0.25, -0.2) is 0 Å². The fourth-order valence-corrected chi connectivity index (χ4v) is 3.78. The van der Waals surface area contributed by atoms with Crippen molar-refractivity contribution >= 4 is 5.91 Å². The molecule has 0 bridgehead atoms. The molecule has 0 aromatic carbocycles. The lowest BCUT2D eigenvalue weighted by atomic mass is 9.58. The number of carbonyl (C=O) groups is 1. The highest BCUT2D eigenvalue weighted by molar-refractivity contribution is 5.78. The molecule has 2 fully saturated rings. The van der Waals surface area contributed by atoms with Gasteiger partial charge >= 0.3 is 0 Å². The molecule has 23 heavy (non-hydrogen) atoms. The van der Waals surface area contributed by atoms with Crippen molar-refractivity contribution in [3.8, 4) is 0 Å². The molecule has 1 saturated heterocycles. The lowest BCUT2D eigenvalue weighted by Crippen LogP contribution is -2.62. The number of carbonyl (C=O) groups excluding carboxylic acids is 1. The third kappa shape index (κ3) is 4.68. The highest BCUT2D eigenvalue weighted by Gasteiger charge is 2.55. The first kappa shape index (κ1) is 18.7. The summed E-state index contributed by atoms with van der Waals surface area (Å²) < 4.78 is 5.79. The van der Waals surface area contributed by atoms with Crippen molar-refractivity contribution in [2.45, 2.75) is 65.6 Å². The lowest BCUT2D eigenvalue weighted by Gasteiger charge is -2.56. The van der Waals surface area contributed by atoms with Crippen LogP contribution in [0.1, 0.15) is 53.4 Å². The van der Waals surface area contributed by atoms with E-state index in [2.05, 4.69) is 31.0 Å². The molecule has 1 amide bonds. The Morgan fingerprint density at radius 1 is 1.35 bits per heavy atom. The second-order valence-corrected chi connectivity index (χ2v) is 8.37. The first-order chi connectivity index (χ1) is 10.8. The zero-order chi connectivity index (χ0) is 17.1. The van der Waals surface area contributed by atoms with E-state index in [0.717, 1.165) is 45.3 Å². The van der Waals surface area contributed by atoms with Crippen molar-refractivity contribution in [1.29, 1.82) is 0 Å². The Labute approximate surface area is 140 Å². The van der Waals surface area contributed by atoms with Gasteiger partial charge < -0.3 is 15.2 Å². The molecule has 1 heterocycles. The molecule has 1 aliphatic heterocycles. The van der Waals surface area contributed by atoms with Gasteiger partial charge in [-0.05, 0) is 44.7 Å². The van der Waals surface area contributed by atoms with Crippen LogP contribution in [-0.4, -0.2) is 60.9 Å². The quantitative estimate of drug-likeness (QED) is 0.781. The van der Waals surface area contributed by atoms with Crippen LogP contribution in [0.3, 0.4) is 0 Å². The third-order valence-corrected chi connectivity index (χ3v) is 5.46. The molecule has 2 aliphatic rings. The molecule has 0 aromatic rings. The largest absolute Gasteiger partial charge is 0.392 e. The van der Waals surface area contributed by atoms with Crippen LogP contribution in [0.15, 0.2) is 0 Å². The molecule has 5 heteroatoms. The Bertz CT molecular complexity index is 396. The summed E-state index contributed by atoms with van der Waals surface area (Å²) in [6.45, 7) is 12.2. The predicted molar refractivity (Wildman–Crippen MR) is 91.2 cm³/mol. The van der Waals surface area contributed by atoms with Crippen LogP contribution in [0, 0.1) is 10.8 Å². The number of rotatable bonds is 6. The topological polar surface area (TPSA) is 61.8 Å². The highest BCUT2D eigenvalue weighted by atomic mass is 16.5. The Kier molecular flexibility index (Phi) is 6.09. The van der Waals surface area contributed by atoms with Crippen molar-refractivity contribution in [2.24, 2.45) is 10.8 Å². The van der Waals surface area contributed by atoms with E-state index in [-0.39, 0.29) is 28.9 Å². The first-order valence-corrected chi connectivity index (χ1v) is 9.05. The van der Waals surface area contributed by atoms with Crippen LogP contribution in [0.5, 0.6) is 0 Å². The van der Waals surface area contributed by atoms with Crippen LogP contribution in [0.25, 0.3) is 0 Å². The summed E-state index contributed by atoms with van der Waals surface area (Å²) in [6, 6.07) is 0. The summed E-state index contributed by atoms with van der Waals surface area (Å²) in [6.07, 6.45) is 3.57. The van der Waals surface area contributed by atoms with Gasteiger partial charge in [0.25, 0.3) is 0 Å². The smallest absolute Gasteiger partial charge is 0.234 e. The summed E-state index contributed by atoms with van der Waals surface area (Å²) in [4.78, 5) is 14.2. The maximum Gasteiger partial charge on any atom is 0.234 e. The van der Waals surface area contributed by atoms with Gasteiger partial charge in [0.2, 0.25) is 5.91 Å². The molecular formula is C18H34N2O3. The van der Waals surface area contributed by atoms with Crippen molar-refractivity contribution in [3.63, 3.8) is 0 Å². The van der Waals surface area contributed by atoms with Crippen LogP contribution < -0.4 is 5.32 Å². The number of amides is 1. The SMILES string of the molecule is CCOC1CC(O)C12CCN(CC(=O)NCCC(C)(C)C)CC2. The predicted octanol–water partition coefficient (Wildman–Crippen LogP) is 1.79. The molecule has 2 unspecified atom stereocenters. The van der Waals surface area contributed by atoms with Crippen LogP contribution in [-0.2, 0) is 9.53 Å². The Morgan fingerprint density at radius 2 is 2.00 bits per heavy atom. The van der Waals surface area contributed by atoms with Gasteiger partial charge in [0, 0.05) is 25.0 Å². The fraction of sp³-hybridized carbons (Fsp3) is 0.944. The average Bonchev–Trinajstić information content (AvgIpc) is 2.46. The molecule has 1 aliphatic carbocycles. The molecule has 0 radical (unpaired) electrons. The van der Waals surface area contributed by atoms with E-state index in [9.17, 15) is 9.90 Å². The number of nitrogens with zero attached hydrogens (tertiary/aromatic N) is 1. The second kappa shape index (κ2) is 7.49. The van der Waals surface area contributed by atoms with Gasteiger partial charge in [0.15, 0.2) is 0 Å². The number of aliphatic hydroxyl groups excluding tert-OH is 1. The van der Waals surface area contributed by atoms with E-state index >= 15 is 0 Å². The lowest BCUT2D eigenvalue weighted by molar-refractivity contribution is -0.209. The van der Waals surface area contributed by atoms with Gasteiger partial charge in [0.05, 0.1) is 18.8 Å². The van der Waals surface area contributed by atoms with Gasteiger partial charge in [-0.3, -0.25) is 9.69 Å². The highest BCUT2D eigenvalue weighted by Crippen LogP contribution is 2.50. The number of likely N-dealkylation sites (tertiary alicyclic amines) is 1. The van der Waals surface area contributed by atoms with Crippen LogP contribution in [0.2, 0.25) is 0 Å². The van der Waals surface area contributed by atoms with Gasteiger partial charge in [-0.2, -0.15) is 0 Å². The van der Waals surface area contributed by atoms with Crippen molar-refractivity contribution in [2.75, 3.05) is 32.8 Å². The summed E-state index contributed by atoms with van der Waals surface area (Å²) in [5.74, 6) is 0.112. The monoisotopic (exact) mass is 326 g/mol. The summed E-state index contributed by atoms with van der Waals surface area (Å²) >= 11 is 0. The summed E-state index contributed by atoms with van der Waals surface area (Å²) in [7, 11) is 0. The molecule has 2 atom stereocenters. The number of hydrogen-bond donors (Lipinski definition) is 2. The van der Waals surface area contributed by atoms with Crippen LogP contribution >= 0.6 is 0 Å². The van der Waals surface area contributed by atoms with Gasteiger partial charge in [-0.1, -0.05) is 20.8 Å². The van der Waals surface area contributed by atoms with E-state index in [0.29, 0.717) is 13.2 Å². The molecule has 0 aromatic heterocycles. The number of nitrogens with one attached hydrogen (secondary N) is 1. The second-order valence-electron chi connectivity index (χ2n) is 8.37. The zero-order valence-corrected chi connectivity index (χ0v) is 15.2. The summed E-state index contributed by atoms with van der Waals surface area (Å²) in [5.41, 5.74) is 0.189. The van der Waals surface area contributed by atoms with E-state index in [1.165, 1.54) is 0 Å². The minimum Gasteiger partial charge on any atom is -0.392 e. The van der Waals surface area contributed by atoms with Gasteiger partial charge in [0.1, 0.15) is 0 Å². The number of piperidine rings is 1. The first-order valence-electron chi connectivity index (χ1n) is 9.05. The summed E-state index contributed by atoms with van der Waals surface area (Å²) in [5, 5.41) is 13.2. The molecule has 5 nitrogen and oxygen atoms in total. The fourth-order valence-electron chi connectivity index (χ4n) is 3.78. The molecular weight excluding hydrogens is 292 g/mol. The molecule has 2 N–H and O–H groups in total. The third-order valence-electron chi connectivity index (χ3n) is 5.46. The average molecular weight is 326 g/mol. The van der Waals surface area contributed by atoms with E-state index in [1.54, 1.807) is 0 Å². The molecule has 2 rings (SSSR count). The number of hydrogen-bond acceptors (Lipinski definition) is 4. The standard InChI is InChI=1S/C18H34N2O3/c1-5-23-15-12-14(21)18(15)7-10-20(11-8-18)13-16(22)19-9-6-17(2,3)4/h14-15,21H,5-13H2,1-4H3,(H,19,22). The van der Waals surface area contributed by atoms with E-state index in [4.69, 9.17) is 4.74 Å².